The molecular weight excluding hydrogens is 344 g/mol. The molecule has 1 saturated heterocycles. The fourth-order valence-electron chi connectivity index (χ4n) is 3.98. The van der Waals surface area contributed by atoms with Crippen LogP contribution in [0.5, 0.6) is 0 Å². The van der Waals surface area contributed by atoms with Gasteiger partial charge in [-0.2, -0.15) is 0 Å². The summed E-state index contributed by atoms with van der Waals surface area (Å²) >= 11 is 1.67. The maximum atomic E-state index is 13.2. The van der Waals surface area contributed by atoms with Crippen molar-refractivity contribution in [2.24, 2.45) is 5.92 Å². The molecule has 0 saturated carbocycles. The first-order valence-corrected chi connectivity index (χ1v) is 10.2. The van der Waals surface area contributed by atoms with Gasteiger partial charge in [0, 0.05) is 35.3 Å². The standard InChI is InChI=1S/C21H22N2O2S/c1-14-11-15-5-3-4-6-19(15)23(14)21(25)16-12-20(24)22(13-16)17-7-9-18(26-2)10-8-17/h3-10,14,16H,11-13H2,1-2H3/t14-,16+/m0/s1. The van der Waals surface area contributed by atoms with Crippen molar-refractivity contribution in [2.45, 2.75) is 30.7 Å². The van der Waals surface area contributed by atoms with E-state index in [1.54, 1.807) is 16.7 Å². The summed E-state index contributed by atoms with van der Waals surface area (Å²) in [6, 6.07) is 16.2. The van der Waals surface area contributed by atoms with Crippen LogP contribution in [0.25, 0.3) is 0 Å². The minimum atomic E-state index is -0.281. The van der Waals surface area contributed by atoms with E-state index in [4.69, 9.17) is 0 Å². The highest BCUT2D eigenvalue weighted by atomic mass is 32.2. The van der Waals surface area contributed by atoms with Crippen LogP contribution in [0.1, 0.15) is 18.9 Å². The maximum absolute atomic E-state index is 13.2. The van der Waals surface area contributed by atoms with E-state index in [9.17, 15) is 9.59 Å². The van der Waals surface area contributed by atoms with Gasteiger partial charge in [-0.25, -0.2) is 0 Å². The summed E-state index contributed by atoms with van der Waals surface area (Å²) in [4.78, 5) is 30.5. The van der Waals surface area contributed by atoms with E-state index in [1.165, 1.54) is 5.56 Å². The van der Waals surface area contributed by atoms with Gasteiger partial charge in [0.25, 0.3) is 0 Å². The SMILES string of the molecule is CSc1ccc(N2C[C@H](C(=O)N3c4ccccc4C[C@@H]3C)CC2=O)cc1. The van der Waals surface area contributed by atoms with E-state index in [2.05, 4.69) is 13.0 Å². The van der Waals surface area contributed by atoms with E-state index < -0.39 is 0 Å². The van der Waals surface area contributed by atoms with Gasteiger partial charge in [0.05, 0.1) is 5.92 Å². The van der Waals surface area contributed by atoms with Crippen molar-refractivity contribution < 1.29 is 9.59 Å². The predicted octanol–water partition coefficient (Wildman–Crippen LogP) is 3.74. The summed E-state index contributed by atoms with van der Waals surface area (Å²) in [7, 11) is 0. The highest BCUT2D eigenvalue weighted by molar-refractivity contribution is 7.98. The first kappa shape index (κ1) is 17.2. The predicted molar refractivity (Wildman–Crippen MR) is 106 cm³/mol. The zero-order chi connectivity index (χ0) is 18.3. The number of fused-ring (bicyclic) bond motifs is 1. The number of nitrogens with zero attached hydrogens (tertiary/aromatic N) is 2. The van der Waals surface area contributed by atoms with Gasteiger partial charge < -0.3 is 9.80 Å². The molecule has 0 aromatic heterocycles. The van der Waals surface area contributed by atoms with Crippen LogP contribution in [0.2, 0.25) is 0 Å². The van der Waals surface area contributed by atoms with E-state index in [0.717, 1.165) is 22.7 Å². The lowest BCUT2D eigenvalue weighted by Gasteiger charge is -2.26. The smallest absolute Gasteiger partial charge is 0.232 e. The number of benzene rings is 2. The Balaban J connectivity index is 1.54. The molecule has 0 aliphatic carbocycles. The molecule has 2 aromatic rings. The van der Waals surface area contributed by atoms with Crippen molar-refractivity contribution in [1.82, 2.24) is 0 Å². The number of rotatable bonds is 3. The van der Waals surface area contributed by atoms with Crippen molar-refractivity contribution >= 4 is 35.0 Å². The van der Waals surface area contributed by atoms with Crippen LogP contribution in [0.15, 0.2) is 53.4 Å². The fraction of sp³-hybridized carbons (Fsp3) is 0.333. The number of hydrogen-bond donors (Lipinski definition) is 0. The van der Waals surface area contributed by atoms with Gasteiger partial charge in [-0.15, -0.1) is 11.8 Å². The van der Waals surface area contributed by atoms with Crippen LogP contribution in [-0.4, -0.2) is 30.7 Å². The van der Waals surface area contributed by atoms with Crippen molar-refractivity contribution in [3.63, 3.8) is 0 Å². The van der Waals surface area contributed by atoms with Crippen LogP contribution in [0.4, 0.5) is 11.4 Å². The molecule has 0 unspecified atom stereocenters. The summed E-state index contributed by atoms with van der Waals surface area (Å²) in [6.45, 7) is 2.54. The molecule has 0 spiro atoms. The average molecular weight is 366 g/mol. The number of para-hydroxylation sites is 1. The zero-order valence-electron chi connectivity index (χ0n) is 15.0. The average Bonchev–Trinajstić information content (AvgIpc) is 3.20. The number of amides is 2. The van der Waals surface area contributed by atoms with E-state index in [0.29, 0.717) is 6.54 Å². The maximum Gasteiger partial charge on any atom is 0.232 e. The Morgan fingerprint density at radius 3 is 2.54 bits per heavy atom. The number of carbonyl (C=O) groups excluding carboxylic acids is 2. The van der Waals surface area contributed by atoms with Gasteiger partial charge in [0.1, 0.15) is 0 Å². The lowest BCUT2D eigenvalue weighted by atomic mass is 10.1. The van der Waals surface area contributed by atoms with Gasteiger partial charge in [0.2, 0.25) is 11.8 Å². The molecule has 0 radical (unpaired) electrons. The van der Waals surface area contributed by atoms with Crippen LogP contribution in [0.3, 0.4) is 0 Å². The molecule has 134 valence electrons. The zero-order valence-corrected chi connectivity index (χ0v) is 15.8. The summed E-state index contributed by atoms with van der Waals surface area (Å²) in [6.07, 6.45) is 3.19. The monoisotopic (exact) mass is 366 g/mol. The molecule has 0 bridgehead atoms. The Kier molecular flexibility index (Phi) is 4.49. The van der Waals surface area contributed by atoms with Crippen molar-refractivity contribution in [2.75, 3.05) is 22.6 Å². The molecule has 4 nitrogen and oxygen atoms in total. The number of hydrogen-bond acceptors (Lipinski definition) is 3. The number of carbonyl (C=O) groups is 2. The first-order valence-electron chi connectivity index (χ1n) is 8.94. The highest BCUT2D eigenvalue weighted by Crippen LogP contribution is 2.35. The van der Waals surface area contributed by atoms with Gasteiger partial charge in [-0.3, -0.25) is 9.59 Å². The lowest BCUT2D eigenvalue weighted by Crippen LogP contribution is -2.41. The van der Waals surface area contributed by atoms with E-state index in [1.807, 2.05) is 53.6 Å². The third-order valence-corrected chi connectivity index (χ3v) is 6.05. The second-order valence-corrected chi connectivity index (χ2v) is 7.87. The quantitative estimate of drug-likeness (QED) is 0.777. The van der Waals surface area contributed by atoms with Gasteiger partial charge >= 0.3 is 0 Å². The molecule has 2 aromatic carbocycles. The number of thioether (sulfide) groups is 1. The molecule has 2 heterocycles. The summed E-state index contributed by atoms with van der Waals surface area (Å²) in [5.41, 5.74) is 3.08. The summed E-state index contributed by atoms with van der Waals surface area (Å²) in [5, 5.41) is 0. The Morgan fingerprint density at radius 2 is 1.81 bits per heavy atom. The van der Waals surface area contributed by atoms with Crippen LogP contribution in [-0.2, 0) is 16.0 Å². The van der Waals surface area contributed by atoms with Gasteiger partial charge in [0.15, 0.2) is 0 Å². The largest absolute Gasteiger partial charge is 0.312 e. The Hall–Kier alpha value is -2.27. The van der Waals surface area contributed by atoms with Crippen molar-refractivity contribution in [3.05, 3.63) is 54.1 Å². The van der Waals surface area contributed by atoms with Crippen LogP contribution in [0, 0.1) is 5.92 Å². The van der Waals surface area contributed by atoms with Crippen molar-refractivity contribution in [3.8, 4) is 0 Å². The highest BCUT2D eigenvalue weighted by Gasteiger charge is 2.40. The second-order valence-electron chi connectivity index (χ2n) is 6.99. The fourth-order valence-corrected chi connectivity index (χ4v) is 4.39. The Bertz CT molecular complexity index is 849. The van der Waals surface area contributed by atoms with Crippen LogP contribution < -0.4 is 9.80 Å². The van der Waals surface area contributed by atoms with E-state index in [-0.39, 0.29) is 30.2 Å². The third kappa shape index (κ3) is 2.90. The van der Waals surface area contributed by atoms with Crippen molar-refractivity contribution in [1.29, 1.82) is 0 Å². The summed E-state index contributed by atoms with van der Waals surface area (Å²) in [5.74, 6) is -0.184. The molecule has 5 heteroatoms. The minimum Gasteiger partial charge on any atom is -0.312 e. The molecule has 0 N–H and O–H groups in total. The topological polar surface area (TPSA) is 40.6 Å². The minimum absolute atomic E-state index is 0.0281. The molecule has 2 aliphatic rings. The Labute approximate surface area is 158 Å². The normalized spacial score (nSPS) is 22.0. The molecule has 2 atom stereocenters. The third-order valence-electron chi connectivity index (χ3n) is 5.30. The summed E-state index contributed by atoms with van der Waals surface area (Å²) < 4.78 is 0. The molecular formula is C21H22N2O2S. The number of anilines is 2. The Morgan fingerprint density at radius 1 is 1.08 bits per heavy atom. The molecule has 1 fully saturated rings. The lowest BCUT2D eigenvalue weighted by molar-refractivity contribution is -0.124. The molecule has 26 heavy (non-hydrogen) atoms. The van der Waals surface area contributed by atoms with Gasteiger partial charge in [-0.05, 0) is 55.5 Å². The van der Waals surface area contributed by atoms with E-state index >= 15 is 0 Å². The van der Waals surface area contributed by atoms with Crippen LogP contribution >= 0.6 is 11.8 Å². The first-order chi connectivity index (χ1) is 12.6. The molecule has 2 aliphatic heterocycles. The van der Waals surface area contributed by atoms with Gasteiger partial charge in [-0.1, -0.05) is 18.2 Å². The second kappa shape index (κ2) is 6.80. The molecule has 2 amide bonds. The molecule has 4 rings (SSSR count).